The first kappa shape index (κ1) is 13.8. The van der Waals surface area contributed by atoms with Crippen molar-refractivity contribution in [2.24, 2.45) is 23.7 Å². The zero-order chi connectivity index (χ0) is 14.3. The van der Waals surface area contributed by atoms with Gasteiger partial charge < -0.3 is 5.11 Å². The SMILES string of the molecule is O=C(Cc1ccc(I)cc1)[C@@H]1[C@@H](C(=O)O)[C@H]2C=C[C@@H]1C2. The largest absolute Gasteiger partial charge is 0.481 e. The number of Topliss-reactive ketones (excluding diaryl/α,β-unsaturated/α-hetero) is 1. The second-order valence-electron chi connectivity index (χ2n) is 5.61. The summed E-state index contributed by atoms with van der Waals surface area (Å²) < 4.78 is 1.13. The molecule has 1 aromatic carbocycles. The number of allylic oxidation sites excluding steroid dienone is 2. The molecule has 2 aliphatic carbocycles. The number of ketones is 1. The lowest BCUT2D eigenvalue weighted by Gasteiger charge is -2.23. The highest BCUT2D eigenvalue weighted by Gasteiger charge is 2.51. The fourth-order valence-corrected chi connectivity index (χ4v) is 3.88. The fourth-order valence-electron chi connectivity index (χ4n) is 3.52. The highest BCUT2D eigenvalue weighted by Crippen LogP contribution is 2.48. The summed E-state index contributed by atoms with van der Waals surface area (Å²) in [7, 11) is 0. The van der Waals surface area contributed by atoms with Crippen LogP contribution in [-0.2, 0) is 16.0 Å². The summed E-state index contributed by atoms with van der Waals surface area (Å²) in [6.45, 7) is 0. The number of carbonyl (C=O) groups is 2. The molecule has 0 radical (unpaired) electrons. The maximum atomic E-state index is 12.5. The number of halogens is 1. The summed E-state index contributed by atoms with van der Waals surface area (Å²) in [5.74, 6) is -1.47. The smallest absolute Gasteiger partial charge is 0.307 e. The van der Waals surface area contributed by atoms with Crippen molar-refractivity contribution in [1.82, 2.24) is 0 Å². The molecule has 0 aliphatic heterocycles. The van der Waals surface area contributed by atoms with Crippen molar-refractivity contribution >= 4 is 34.3 Å². The molecule has 0 unspecified atom stereocenters. The molecule has 0 heterocycles. The van der Waals surface area contributed by atoms with E-state index >= 15 is 0 Å². The Morgan fingerprint density at radius 2 is 1.70 bits per heavy atom. The van der Waals surface area contributed by atoms with E-state index in [9.17, 15) is 14.7 Å². The topological polar surface area (TPSA) is 54.4 Å². The number of fused-ring (bicyclic) bond motifs is 2. The van der Waals surface area contributed by atoms with E-state index in [1.807, 2.05) is 36.4 Å². The second-order valence-corrected chi connectivity index (χ2v) is 6.85. The van der Waals surface area contributed by atoms with Gasteiger partial charge in [-0.25, -0.2) is 0 Å². The third-order valence-corrected chi connectivity index (χ3v) is 5.13. The quantitative estimate of drug-likeness (QED) is 0.644. The summed E-state index contributed by atoms with van der Waals surface area (Å²) in [5.41, 5.74) is 0.964. The van der Waals surface area contributed by atoms with Crippen LogP contribution in [0, 0.1) is 27.2 Å². The summed E-state index contributed by atoms with van der Waals surface area (Å²) in [4.78, 5) is 23.9. The van der Waals surface area contributed by atoms with Crippen LogP contribution in [0.4, 0.5) is 0 Å². The van der Waals surface area contributed by atoms with Gasteiger partial charge in [-0.1, -0.05) is 24.3 Å². The lowest BCUT2D eigenvalue weighted by Crippen LogP contribution is -2.33. The van der Waals surface area contributed by atoms with Crippen molar-refractivity contribution in [3.63, 3.8) is 0 Å². The van der Waals surface area contributed by atoms with Crippen LogP contribution < -0.4 is 0 Å². The Morgan fingerprint density at radius 1 is 1.10 bits per heavy atom. The highest BCUT2D eigenvalue weighted by atomic mass is 127. The van der Waals surface area contributed by atoms with Crippen LogP contribution in [0.1, 0.15) is 12.0 Å². The van der Waals surface area contributed by atoms with E-state index in [2.05, 4.69) is 22.6 Å². The molecule has 1 aromatic rings. The molecule has 1 fully saturated rings. The first-order chi connectivity index (χ1) is 9.56. The van der Waals surface area contributed by atoms with Crippen LogP contribution >= 0.6 is 22.6 Å². The Kier molecular flexibility index (Phi) is 3.67. The van der Waals surface area contributed by atoms with Crippen LogP contribution in [0.15, 0.2) is 36.4 Å². The molecule has 0 saturated heterocycles. The monoisotopic (exact) mass is 382 g/mol. The van der Waals surface area contributed by atoms with Crippen LogP contribution in [0.3, 0.4) is 0 Å². The minimum atomic E-state index is -0.831. The van der Waals surface area contributed by atoms with Gasteiger partial charge in [0.1, 0.15) is 5.78 Å². The summed E-state index contributed by atoms with van der Waals surface area (Å²) in [6.07, 6.45) is 5.15. The van der Waals surface area contributed by atoms with Gasteiger partial charge in [0.25, 0.3) is 0 Å². The van der Waals surface area contributed by atoms with E-state index in [4.69, 9.17) is 0 Å². The van der Waals surface area contributed by atoms with Gasteiger partial charge in [0.15, 0.2) is 0 Å². The Labute approximate surface area is 131 Å². The van der Waals surface area contributed by atoms with Gasteiger partial charge in [-0.05, 0) is 58.5 Å². The van der Waals surface area contributed by atoms with E-state index in [-0.39, 0.29) is 23.5 Å². The molecular formula is C16H15IO3. The van der Waals surface area contributed by atoms with E-state index in [0.29, 0.717) is 6.42 Å². The van der Waals surface area contributed by atoms with Crippen molar-refractivity contribution in [3.05, 3.63) is 45.6 Å². The second kappa shape index (κ2) is 5.31. The number of benzene rings is 1. The summed E-state index contributed by atoms with van der Waals surface area (Å²) in [6, 6.07) is 7.83. The molecule has 20 heavy (non-hydrogen) atoms. The minimum absolute atomic E-state index is 0.0446. The van der Waals surface area contributed by atoms with Gasteiger partial charge in [-0.2, -0.15) is 0 Å². The Balaban J connectivity index is 1.78. The van der Waals surface area contributed by atoms with E-state index in [1.54, 1.807) is 0 Å². The average Bonchev–Trinajstić information content (AvgIpc) is 3.01. The molecule has 104 valence electrons. The summed E-state index contributed by atoms with van der Waals surface area (Å²) in [5, 5.41) is 9.37. The molecule has 0 spiro atoms. The number of carbonyl (C=O) groups excluding carboxylic acids is 1. The Hall–Kier alpha value is -1.17. The lowest BCUT2D eigenvalue weighted by atomic mass is 9.79. The number of hydrogen-bond donors (Lipinski definition) is 1. The van der Waals surface area contributed by atoms with Gasteiger partial charge in [0.2, 0.25) is 0 Å². The molecule has 4 heteroatoms. The third kappa shape index (κ3) is 2.41. The molecule has 0 aromatic heterocycles. The highest BCUT2D eigenvalue weighted by molar-refractivity contribution is 14.1. The van der Waals surface area contributed by atoms with Crippen molar-refractivity contribution in [2.75, 3.05) is 0 Å². The van der Waals surface area contributed by atoms with Gasteiger partial charge >= 0.3 is 5.97 Å². The fraction of sp³-hybridized carbons (Fsp3) is 0.375. The Morgan fingerprint density at radius 3 is 2.30 bits per heavy atom. The van der Waals surface area contributed by atoms with Gasteiger partial charge in [-0.15, -0.1) is 0 Å². The minimum Gasteiger partial charge on any atom is -0.481 e. The zero-order valence-electron chi connectivity index (χ0n) is 10.8. The number of aliphatic carboxylic acids is 1. The maximum Gasteiger partial charge on any atom is 0.307 e. The van der Waals surface area contributed by atoms with Crippen molar-refractivity contribution in [2.45, 2.75) is 12.8 Å². The van der Waals surface area contributed by atoms with Crippen LogP contribution in [0.5, 0.6) is 0 Å². The average molecular weight is 382 g/mol. The van der Waals surface area contributed by atoms with Crippen LogP contribution in [-0.4, -0.2) is 16.9 Å². The molecule has 2 aliphatic rings. The van der Waals surface area contributed by atoms with Gasteiger partial charge in [0.05, 0.1) is 5.92 Å². The first-order valence-electron chi connectivity index (χ1n) is 6.74. The number of carboxylic acids is 1. The molecule has 4 atom stereocenters. The zero-order valence-corrected chi connectivity index (χ0v) is 13.0. The molecule has 0 amide bonds. The van der Waals surface area contributed by atoms with Crippen molar-refractivity contribution in [1.29, 1.82) is 0 Å². The molecule has 3 rings (SSSR count). The maximum absolute atomic E-state index is 12.5. The molecule has 2 bridgehead atoms. The molecule has 3 nitrogen and oxygen atoms in total. The predicted octanol–water partition coefficient (Wildman–Crippen LogP) is 2.93. The number of hydrogen-bond acceptors (Lipinski definition) is 2. The van der Waals surface area contributed by atoms with E-state index in [1.165, 1.54) is 0 Å². The standard InChI is InChI=1S/C16H15IO3/c17-12-5-1-9(2-6-12)7-13(18)14-10-3-4-11(8-10)15(14)16(19)20/h1-6,10-11,14-15H,7-8H2,(H,19,20)/t10-,11+,14-,15+/m1/s1. The van der Waals surface area contributed by atoms with Crippen LogP contribution in [0.25, 0.3) is 0 Å². The predicted molar refractivity (Wildman–Crippen MR) is 83.2 cm³/mol. The third-order valence-electron chi connectivity index (χ3n) is 4.41. The first-order valence-corrected chi connectivity index (χ1v) is 7.82. The van der Waals surface area contributed by atoms with Crippen molar-refractivity contribution < 1.29 is 14.7 Å². The number of rotatable bonds is 4. The van der Waals surface area contributed by atoms with Crippen molar-refractivity contribution in [3.8, 4) is 0 Å². The molecular weight excluding hydrogens is 367 g/mol. The van der Waals surface area contributed by atoms with Crippen LogP contribution in [0.2, 0.25) is 0 Å². The van der Waals surface area contributed by atoms with Gasteiger partial charge in [-0.3, -0.25) is 9.59 Å². The Bertz CT molecular complexity index is 576. The van der Waals surface area contributed by atoms with E-state index < -0.39 is 11.9 Å². The number of carboxylic acid groups (broad SMARTS) is 1. The molecule has 1 saturated carbocycles. The normalized spacial score (nSPS) is 30.6. The summed E-state index contributed by atoms with van der Waals surface area (Å²) >= 11 is 2.22. The van der Waals surface area contributed by atoms with Gasteiger partial charge in [0, 0.05) is 15.9 Å². The van der Waals surface area contributed by atoms with E-state index in [0.717, 1.165) is 15.6 Å². The molecule has 1 N–H and O–H groups in total. The lowest BCUT2D eigenvalue weighted by molar-refractivity contribution is -0.147.